The van der Waals surface area contributed by atoms with Gasteiger partial charge in [0.1, 0.15) is 11.6 Å². The van der Waals surface area contributed by atoms with E-state index in [4.69, 9.17) is 11.6 Å². The molecule has 0 aliphatic heterocycles. The van der Waals surface area contributed by atoms with Crippen molar-refractivity contribution >= 4 is 11.6 Å². The average Bonchev–Trinajstić information content (AvgIpc) is 2.82. The Labute approximate surface area is 104 Å². The Balaban J connectivity index is 1.76. The van der Waals surface area contributed by atoms with Gasteiger partial charge >= 0.3 is 0 Å². The van der Waals surface area contributed by atoms with Crippen molar-refractivity contribution in [2.75, 3.05) is 6.54 Å². The summed E-state index contributed by atoms with van der Waals surface area (Å²) < 4.78 is 13.1. The van der Waals surface area contributed by atoms with Crippen LogP contribution >= 0.6 is 11.6 Å². The van der Waals surface area contributed by atoms with Crippen LogP contribution < -0.4 is 5.32 Å². The van der Waals surface area contributed by atoms with Gasteiger partial charge in [0.15, 0.2) is 0 Å². The van der Waals surface area contributed by atoms with E-state index < -0.39 is 0 Å². The maximum Gasteiger partial charge on any atom is 0.142 e. The van der Waals surface area contributed by atoms with Gasteiger partial charge in [-0.15, -0.1) is 0 Å². The summed E-state index contributed by atoms with van der Waals surface area (Å²) in [7, 11) is 0. The Kier molecular flexibility index (Phi) is 4.12. The summed E-state index contributed by atoms with van der Waals surface area (Å²) >= 11 is 5.60. The number of hydrogen-bond acceptors (Lipinski definition) is 2. The molecule has 1 aromatic heterocycles. The zero-order chi connectivity index (χ0) is 12.1. The third-order valence-corrected chi connectivity index (χ3v) is 2.71. The van der Waals surface area contributed by atoms with Crippen molar-refractivity contribution in [2.45, 2.75) is 13.0 Å². The minimum atomic E-state index is -0.378. The number of nitrogens with one attached hydrogen (secondary N) is 2. The van der Waals surface area contributed by atoms with Crippen LogP contribution in [0.25, 0.3) is 0 Å². The number of rotatable bonds is 5. The van der Waals surface area contributed by atoms with Crippen molar-refractivity contribution in [3.05, 3.63) is 52.8 Å². The lowest BCUT2D eigenvalue weighted by Crippen LogP contribution is -2.17. The highest BCUT2D eigenvalue weighted by Crippen LogP contribution is 2.15. The van der Waals surface area contributed by atoms with E-state index in [1.54, 1.807) is 18.5 Å². The van der Waals surface area contributed by atoms with Crippen LogP contribution in [-0.2, 0) is 13.0 Å². The molecule has 0 aliphatic rings. The fraction of sp³-hybridized carbons (Fsp3) is 0.250. The van der Waals surface area contributed by atoms with Gasteiger partial charge in [-0.3, -0.25) is 0 Å². The summed E-state index contributed by atoms with van der Waals surface area (Å²) in [6.07, 6.45) is 4.34. The lowest BCUT2D eigenvalue weighted by Gasteiger charge is -2.04. The Morgan fingerprint density at radius 1 is 1.41 bits per heavy atom. The number of H-pyrrole nitrogens is 1. The van der Waals surface area contributed by atoms with Gasteiger partial charge in [0, 0.05) is 31.9 Å². The van der Waals surface area contributed by atoms with Crippen LogP contribution in [0, 0.1) is 5.82 Å². The molecule has 1 aromatic carbocycles. The zero-order valence-electron chi connectivity index (χ0n) is 9.21. The largest absolute Gasteiger partial charge is 0.349 e. The van der Waals surface area contributed by atoms with Crippen LogP contribution in [0.1, 0.15) is 11.4 Å². The van der Waals surface area contributed by atoms with Crippen LogP contribution in [0.2, 0.25) is 5.02 Å². The SMILES string of the molecule is Fc1cc(CNCCc2ncc[nH]2)ccc1Cl. The molecule has 0 fully saturated rings. The molecule has 0 amide bonds. The van der Waals surface area contributed by atoms with E-state index in [-0.39, 0.29) is 10.8 Å². The maximum absolute atomic E-state index is 13.1. The number of benzene rings is 1. The first-order chi connectivity index (χ1) is 8.25. The summed E-state index contributed by atoms with van der Waals surface area (Å²) in [6, 6.07) is 4.83. The Morgan fingerprint density at radius 2 is 2.29 bits per heavy atom. The summed E-state index contributed by atoms with van der Waals surface area (Å²) in [5.41, 5.74) is 0.881. The standard InChI is InChI=1S/C12H13ClFN3/c13-10-2-1-9(7-11(10)14)8-15-4-3-12-16-5-6-17-12/h1-2,5-7,15H,3-4,8H2,(H,16,17). The summed E-state index contributed by atoms with van der Waals surface area (Å²) in [6.45, 7) is 1.41. The van der Waals surface area contributed by atoms with Crippen molar-refractivity contribution in [3.8, 4) is 0 Å². The molecule has 2 N–H and O–H groups in total. The Morgan fingerprint density at radius 3 is 3.00 bits per heavy atom. The van der Waals surface area contributed by atoms with Gasteiger partial charge in [-0.25, -0.2) is 9.37 Å². The van der Waals surface area contributed by atoms with Gasteiger partial charge in [0.25, 0.3) is 0 Å². The van der Waals surface area contributed by atoms with E-state index in [2.05, 4.69) is 15.3 Å². The molecular formula is C12H13ClFN3. The molecule has 90 valence electrons. The number of hydrogen-bond donors (Lipinski definition) is 2. The van der Waals surface area contributed by atoms with Gasteiger partial charge in [0.05, 0.1) is 5.02 Å². The van der Waals surface area contributed by atoms with Gasteiger partial charge in [-0.05, 0) is 17.7 Å². The number of nitrogens with zero attached hydrogens (tertiary/aromatic N) is 1. The van der Waals surface area contributed by atoms with Gasteiger partial charge in [-0.1, -0.05) is 17.7 Å². The fourth-order valence-electron chi connectivity index (χ4n) is 1.52. The van der Waals surface area contributed by atoms with E-state index in [9.17, 15) is 4.39 Å². The summed E-state index contributed by atoms with van der Waals surface area (Å²) in [4.78, 5) is 7.14. The van der Waals surface area contributed by atoms with Crippen LogP contribution in [-0.4, -0.2) is 16.5 Å². The van der Waals surface area contributed by atoms with Crippen molar-refractivity contribution < 1.29 is 4.39 Å². The molecule has 0 bridgehead atoms. The Bertz CT molecular complexity index is 471. The highest BCUT2D eigenvalue weighted by Gasteiger charge is 2.00. The van der Waals surface area contributed by atoms with Gasteiger partial charge < -0.3 is 10.3 Å². The minimum Gasteiger partial charge on any atom is -0.349 e. The minimum absolute atomic E-state index is 0.157. The second-order valence-electron chi connectivity index (χ2n) is 3.71. The molecule has 0 spiro atoms. The highest BCUT2D eigenvalue weighted by molar-refractivity contribution is 6.30. The molecule has 0 saturated heterocycles. The summed E-state index contributed by atoms with van der Waals surface area (Å²) in [5.74, 6) is 0.566. The molecule has 2 rings (SSSR count). The first kappa shape index (κ1) is 12.1. The molecule has 17 heavy (non-hydrogen) atoms. The average molecular weight is 254 g/mol. The predicted octanol–water partition coefficient (Wildman–Crippen LogP) is 2.53. The fourth-order valence-corrected chi connectivity index (χ4v) is 1.64. The smallest absolute Gasteiger partial charge is 0.142 e. The lowest BCUT2D eigenvalue weighted by molar-refractivity contribution is 0.619. The van der Waals surface area contributed by atoms with E-state index in [0.717, 1.165) is 24.4 Å². The number of aromatic nitrogens is 2. The topological polar surface area (TPSA) is 40.7 Å². The summed E-state index contributed by atoms with van der Waals surface area (Å²) in [5, 5.41) is 3.37. The van der Waals surface area contributed by atoms with E-state index in [1.165, 1.54) is 6.07 Å². The molecule has 5 heteroatoms. The molecule has 0 unspecified atom stereocenters. The Hall–Kier alpha value is -1.39. The molecule has 0 aliphatic carbocycles. The third kappa shape index (κ3) is 3.54. The molecule has 3 nitrogen and oxygen atoms in total. The van der Waals surface area contributed by atoms with Crippen molar-refractivity contribution in [1.29, 1.82) is 0 Å². The molecule has 2 aromatic rings. The van der Waals surface area contributed by atoms with Crippen LogP contribution in [0.3, 0.4) is 0 Å². The van der Waals surface area contributed by atoms with E-state index >= 15 is 0 Å². The van der Waals surface area contributed by atoms with Crippen molar-refractivity contribution in [2.24, 2.45) is 0 Å². The van der Waals surface area contributed by atoms with E-state index in [0.29, 0.717) is 6.54 Å². The second-order valence-corrected chi connectivity index (χ2v) is 4.12. The number of halogens is 2. The van der Waals surface area contributed by atoms with Crippen LogP contribution in [0.4, 0.5) is 4.39 Å². The first-order valence-corrected chi connectivity index (χ1v) is 5.76. The molecular weight excluding hydrogens is 241 g/mol. The normalized spacial score (nSPS) is 10.7. The number of imidazole rings is 1. The maximum atomic E-state index is 13.1. The molecule has 1 heterocycles. The number of aromatic amines is 1. The lowest BCUT2D eigenvalue weighted by atomic mass is 10.2. The monoisotopic (exact) mass is 253 g/mol. The second kappa shape index (κ2) is 5.80. The predicted molar refractivity (Wildman–Crippen MR) is 65.4 cm³/mol. The van der Waals surface area contributed by atoms with E-state index in [1.807, 2.05) is 6.07 Å². The van der Waals surface area contributed by atoms with Crippen molar-refractivity contribution in [1.82, 2.24) is 15.3 Å². The third-order valence-electron chi connectivity index (χ3n) is 2.41. The van der Waals surface area contributed by atoms with Gasteiger partial charge in [-0.2, -0.15) is 0 Å². The quantitative estimate of drug-likeness (QED) is 0.804. The highest BCUT2D eigenvalue weighted by atomic mass is 35.5. The zero-order valence-corrected chi connectivity index (χ0v) is 9.97. The first-order valence-electron chi connectivity index (χ1n) is 5.38. The molecule has 0 radical (unpaired) electrons. The van der Waals surface area contributed by atoms with Gasteiger partial charge in [0.2, 0.25) is 0 Å². The molecule has 0 atom stereocenters. The van der Waals surface area contributed by atoms with Crippen molar-refractivity contribution in [3.63, 3.8) is 0 Å². The molecule has 0 saturated carbocycles. The van der Waals surface area contributed by atoms with Crippen LogP contribution in [0.15, 0.2) is 30.6 Å². The van der Waals surface area contributed by atoms with Crippen LogP contribution in [0.5, 0.6) is 0 Å².